The number of fused-ring (bicyclic) bond motifs is 4. The summed E-state index contributed by atoms with van der Waals surface area (Å²) in [5.74, 6) is -0.0659. The number of hydrogen-bond acceptors (Lipinski definition) is 3. The Bertz CT molecular complexity index is 1240. The fourth-order valence-corrected chi connectivity index (χ4v) is 3.81. The van der Waals surface area contributed by atoms with E-state index in [1.807, 2.05) is 41.3 Å². The molecule has 0 spiro atoms. The quantitative estimate of drug-likeness (QED) is 0.598. The molecule has 4 aromatic rings. The van der Waals surface area contributed by atoms with Gasteiger partial charge in [-0.05, 0) is 23.6 Å². The second-order valence-corrected chi connectivity index (χ2v) is 6.91. The summed E-state index contributed by atoms with van der Waals surface area (Å²) in [6, 6.07) is 15.9. The topological polar surface area (TPSA) is 71.0 Å². The summed E-state index contributed by atoms with van der Waals surface area (Å²) < 4.78 is 1.39. The maximum Gasteiger partial charge on any atom is 0.278 e. The van der Waals surface area contributed by atoms with Gasteiger partial charge in [0.15, 0.2) is 0 Å². The molecule has 0 saturated heterocycles. The normalized spacial score (nSPS) is 13.9. The third kappa shape index (κ3) is 2.61. The molecule has 6 nitrogen and oxygen atoms in total. The van der Waals surface area contributed by atoms with Crippen molar-refractivity contribution in [2.24, 2.45) is 0 Å². The second kappa shape index (κ2) is 6.09. The van der Waals surface area contributed by atoms with Gasteiger partial charge in [-0.2, -0.15) is 0 Å². The second-order valence-electron chi connectivity index (χ2n) is 6.91. The third-order valence-electron chi connectivity index (χ3n) is 5.27. The molecule has 1 aliphatic heterocycles. The van der Waals surface area contributed by atoms with Crippen LogP contribution in [0.4, 0.5) is 0 Å². The molecule has 0 aliphatic carbocycles. The number of carbonyl (C=O) groups excluding carboxylic acids is 1. The number of benzene rings is 2. The van der Waals surface area contributed by atoms with Gasteiger partial charge >= 0.3 is 0 Å². The van der Waals surface area contributed by atoms with Crippen molar-refractivity contribution >= 4 is 27.8 Å². The van der Waals surface area contributed by atoms with Crippen LogP contribution in [0.1, 0.15) is 11.1 Å². The molecule has 0 saturated carbocycles. The zero-order valence-electron chi connectivity index (χ0n) is 14.7. The number of amides is 1. The van der Waals surface area contributed by atoms with Crippen molar-refractivity contribution in [1.82, 2.24) is 19.4 Å². The van der Waals surface area contributed by atoms with Crippen LogP contribution in [0.5, 0.6) is 0 Å². The number of aromatic amines is 1. The first-order valence-electron chi connectivity index (χ1n) is 9.01. The molecule has 1 amide bonds. The van der Waals surface area contributed by atoms with Gasteiger partial charge in [0.25, 0.3) is 5.56 Å². The predicted octanol–water partition coefficient (Wildman–Crippen LogP) is 2.46. The largest absolute Gasteiger partial charge is 0.349 e. The predicted molar refractivity (Wildman–Crippen MR) is 103 cm³/mol. The van der Waals surface area contributed by atoms with E-state index in [0.29, 0.717) is 24.1 Å². The van der Waals surface area contributed by atoms with Crippen LogP contribution < -0.4 is 5.56 Å². The van der Waals surface area contributed by atoms with E-state index in [1.54, 1.807) is 0 Å². The third-order valence-corrected chi connectivity index (χ3v) is 5.27. The summed E-state index contributed by atoms with van der Waals surface area (Å²) in [6.07, 6.45) is 2.32. The van der Waals surface area contributed by atoms with Crippen molar-refractivity contribution in [2.75, 3.05) is 6.54 Å². The minimum atomic E-state index is -0.220. The highest BCUT2D eigenvalue weighted by atomic mass is 16.2. The first-order valence-corrected chi connectivity index (χ1v) is 9.01. The summed E-state index contributed by atoms with van der Waals surface area (Å²) >= 11 is 0. The van der Waals surface area contributed by atoms with Crippen molar-refractivity contribution in [2.45, 2.75) is 19.5 Å². The molecule has 1 N–H and O–H groups in total. The van der Waals surface area contributed by atoms with Gasteiger partial charge in [-0.3, -0.25) is 14.2 Å². The summed E-state index contributed by atoms with van der Waals surface area (Å²) in [6.45, 7) is 1.26. The van der Waals surface area contributed by atoms with E-state index in [1.165, 1.54) is 22.0 Å². The number of para-hydroxylation sites is 1. The fourth-order valence-electron chi connectivity index (χ4n) is 3.81. The van der Waals surface area contributed by atoms with E-state index in [9.17, 15) is 9.59 Å². The van der Waals surface area contributed by atoms with Gasteiger partial charge in [-0.15, -0.1) is 0 Å². The Hall–Kier alpha value is -3.41. The molecule has 0 radical (unpaired) electrons. The Morgan fingerprint density at radius 1 is 1.07 bits per heavy atom. The van der Waals surface area contributed by atoms with Crippen LogP contribution in [-0.4, -0.2) is 31.9 Å². The number of aromatic nitrogens is 3. The minimum Gasteiger partial charge on any atom is -0.349 e. The van der Waals surface area contributed by atoms with E-state index in [4.69, 9.17) is 0 Å². The van der Waals surface area contributed by atoms with Gasteiger partial charge in [0.05, 0.1) is 6.33 Å². The molecule has 3 heterocycles. The molecule has 6 heteroatoms. The van der Waals surface area contributed by atoms with Gasteiger partial charge in [0.1, 0.15) is 17.6 Å². The van der Waals surface area contributed by atoms with E-state index >= 15 is 0 Å². The van der Waals surface area contributed by atoms with Gasteiger partial charge in [-0.25, -0.2) is 4.98 Å². The average Bonchev–Trinajstić information content (AvgIpc) is 3.09. The van der Waals surface area contributed by atoms with Crippen LogP contribution >= 0.6 is 0 Å². The maximum atomic E-state index is 12.8. The number of rotatable bonds is 2. The molecule has 134 valence electrons. The molecular weight excluding hydrogens is 340 g/mol. The Labute approximate surface area is 155 Å². The highest BCUT2D eigenvalue weighted by Crippen LogP contribution is 2.21. The van der Waals surface area contributed by atoms with Gasteiger partial charge < -0.3 is 9.88 Å². The van der Waals surface area contributed by atoms with Crippen LogP contribution in [0.3, 0.4) is 0 Å². The molecule has 0 bridgehead atoms. The lowest BCUT2D eigenvalue weighted by Gasteiger charge is -2.29. The van der Waals surface area contributed by atoms with Crippen LogP contribution in [0, 0.1) is 0 Å². The lowest BCUT2D eigenvalue weighted by atomic mass is 10.00. The average molecular weight is 358 g/mol. The number of carbonyl (C=O) groups is 1. The number of nitrogens with one attached hydrogen (secondary N) is 1. The molecular formula is C21H18N4O2. The Morgan fingerprint density at radius 2 is 1.85 bits per heavy atom. The first-order chi connectivity index (χ1) is 13.2. The SMILES string of the molecule is O=C(Cn1cnc2c([nH]c3ccccc32)c1=O)N1CCc2ccccc2C1. The Kier molecular flexibility index (Phi) is 3.57. The summed E-state index contributed by atoms with van der Waals surface area (Å²) in [5.41, 5.74) is 4.20. The molecule has 0 fully saturated rings. The van der Waals surface area contributed by atoms with Crippen molar-refractivity contribution in [3.8, 4) is 0 Å². The highest BCUT2D eigenvalue weighted by Gasteiger charge is 2.21. The first kappa shape index (κ1) is 15.8. The smallest absolute Gasteiger partial charge is 0.278 e. The molecule has 2 aromatic carbocycles. The lowest BCUT2D eigenvalue weighted by Crippen LogP contribution is -2.39. The van der Waals surface area contributed by atoms with Crippen LogP contribution in [-0.2, 0) is 24.3 Å². The fraction of sp³-hybridized carbons (Fsp3) is 0.190. The summed E-state index contributed by atoms with van der Waals surface area (Å²) in [5, 5.41) is 0.913. The number of hydrogen-bond donors (Lipinski definition) is 1. The zero-order chi connectivity index (χ0) is 18.4. The van der Waals surface area contributed by atoms with Crippen molar-refractivity contribution in [1.29, 1.82) is 0 Å². The van der Waals surface area contributed by atoms with Gasteiger partial charge in [0, 0.05) is 24.0 Å². The summed E-state index contributed by atoms with van der Waals surface area (Å²) in [7, 11) is 0. The van der Waals surface area contributed by atoms with Gasteiger partial charge in [-0.1, -0.05) is 42.5 Å². The van der Waals surface area contributed by atoms with Crippen molar-refractivity contribution in [3.63, 3.8) is 0 Å². The number of H-pyrrole nitrogens is 1. The van der Waals surface area contributed by atoms with E-state index in [2.05, 4.69) is 22.1 Å². The van der Waals surface area contributed by atoms with Crippen LogP contribution in [0.15, 0.2) is 59.7 Å². The zero-order valence-corrected chi connectivity index (χ0v) is 14.7. The molecule has 0 unspecified atom stereocenters. The lowest BCUT2D eigenvalue weighted by molar-refractivity contribution is -0.132. The number of nitrogens with zero attached hydrogens (tertiary/aromatic N) is 3. The van der Waals surface area contributed by atoms with Crippen LogP contribution in [0.2, 0.25) is 0 Å². The summed E-state index contributed by atoms with van der Waals surface area (Å²) in [4.78, 5) is 35.0. The van der Waals surface area contributed by atoms with Gasteiger partial charge in [0.2, 0.25) is 5.91 Å². The molecule has 5 rings (SSSR count). The monoisotopic (exact) mass is 358 g/mol. The van der Waals surface area contributed by atoms with E-state index in [0.717, 1.165) is 17.3 Å². The van der Waals surface area contributed by atoms with Crippen LogP contribution in [0.25, 0.3) is 21.9 Å². The van der Waals surface area contributed by atoms with Crippen molar-refractivity contribution < 1.29 is 4.79 Å². The maximum absolute atomic E-state index is 12.8. The van der Waals surface area contributed by atoms with E-state index < -0.39 is 0 Å². The van der Waals surface area contributed by atoms with E-state index in [-0.39, 0.29) is 18.0 Å². The Morgan fingerprint density at radius 3 is 2.74 bits per heavy atom. The van der Waals surface area contributed by atoms with Crippen molar-refractivity contribution in [3.05, 3.63) is 76.3 Å². The standard InChI is InChI=1S/C21H18N4O2/c26-18(24-10-9-14-5-1-2-6-15(14)11-24)12-25-13-22-19-16-7-3-4-8-17(16)23-20(19)21(25)27/h1-8,13,23H,9-12H2. The minimum absolute atomic E-state index is 0.000689. The molecule has 27 heavy (non-hydrogen) atoms. The molecule has 2 aromatic heterocycles. The Balaban J connectivity index is 1.45. The molecule has 1 aliphatic rings. The molecule has 0 atom stereocenters. The highest BCUT2D eigenvalue weighted by molar-refractivity contribution is 6.04.